The van der Waals surface area contributed by atoms with Crippen molar-refractivity contribution in [3.8, 4) is 0 Å². The van der Waals surface area contributed by atoms with E-state index in [1.807, 2.05) is 11.8 Å². The van der Waals surface area contributed by atoms with E-state index in [0.717, 1.165) is 13.1 Å². The summed E-state index contributed by atoms with van der Waals surface area (Å²) in [5, 5.41) is 3.23. The standard InChI is InChI=1S/C11H20N2O3/c1-9-8-15-5-3-13(9)11(14)6-10-7-12-2-4-16-10/h9-10,12H,2-8H2,1H3/t9-,10?/m1/s1. The van der Waals surface area contributed by atoms with Crippen LogP contribution >= 0.6 is 0 Å². The topological polar surface area (TPSA) is 50.8 Å². The minimum atomic E-state index is 0.0382. The largest absolute Gasteiger partial charge is 0.377 e. The summed E-state index contributed by atoms with van der Waals surface area (Å²) in [6, 6.07) is 0.192. The van der Waals surface area contributed by atoms with Gasteiger partial charge >= 0.3 is 0 Å². The van der Waals surface area contributed by atoms with Gasteiger partial charge < -0.3 is 19.7 Å². The number of nitrogens with zero attached hydrogens (tertiary/aromatic N) is 1. The monoisotopic (exact) mass is 228 g/mol. The number of amides is 1. The molecule has 0 bridgehead atoms. The quantitative estimate of drug-likeness (QED) is 0.699. The Morgan fingerprint density at radius 2 is 2.38 bits per heavy atom. The van der Waals surface area contributed by atoms with Crippen LogP contribution in [0.5, 0.6) is 0 Å². The van der Waals surface area contributed by atoms with E-state index in [1.54, 1.807) is 0 Å². The highest BCUT2D eigenvalue weighted by atomic mass is 16.5. The molecule has 2 fully saturated rings. The number of morpholine rings is 2. The van der Waals surface area contributed by atoms with Crippen LogP contribution in [-0.2, 0) is 14.3 Å². The lowest BCUT2D eigenvalue weighted by molar-refractivity contribution is -0.142. The molecule has 2 heterocycles. The lowest BCUT2D eigenvalue weighted by Gasteiger charge is -2.34. The number of hydrogen-bond donors (Lipinski definition) is 1. The Hall–Kier alpha value is -0.650. The van der Waals surface area contributed by atoms with Crippen molar-refractivity contribution in [2.24, 2.45) is 0 Å². The Bertz CT molecular complexity index is 241. The zero-order chi connectivity index (χ0) is 11.4. The fourth-order valence-corrected chi connectivity index (χ4v) is 2.16. The summed E-state index contributed by atoms with van der Waals surface area (Å²) in [4.78, 5) is 13.9. The van der Waals surface area contributed by atoms with Gasteiger partial charge in [-0.25, -0.2) is 0 Å². The smallest absolute Gasteiger partial charge is 0.225 e. The molecule has 0 radical (unpaired) electrons. The van der Waals surface area contributed by atoms with Gasteiger partial charge in [-0.2, -0.15) is 0 Å². The maximum absolute atomic E-state index is 12.0. The number of carbonyl (C=O) groups excluding carboxylic acids is 1. The van der Waals surface area contributed by atoms with Crippen LogP contribution in [0.2, 0.25) is 0 Å². The molecular formula is C11H20N2O3. The van der Waals surface area contributed by atoms with Gasteiger partial charge in [-0.3, -0.25) is 4.79 Å². The number of nitrogens with one attached hydrogen (secondary N) is 1. The maximum Gasteiger partial charge on any atom is 0.225 e. The summed E-state index contributed by atoms with van der Waals surface area (Å²) < 4.78 is 10.8. The first-order valence-electron chi connectivity index (χ1n) is 5.97. The normalized spacial score (nSPS) is 31.4. The molecule has 0 spiro atoms. The van der Waals surface area contributed by atoms with Crippen LogP contribution in [0.4, 0.5) is 0 Å². The highest BCUT2D eigenvalue weighted by Crippen LogP contribution is 2.11. The summed E-state index contributed by atoms with van der Waals surface area (Å²) in [7, 11) is 0. The maximum atomic E-state index is 12.0. The van der Waals surface area contributed by atoms with E-state index >= 15 is 0 Å². The van der Waals surface area contributed by atoms with Crippen molar-refractivity contribution in [1.82, 2.24) is 10.2 Å². The first-order chi connectivity index (χ1) is 7.77. The van der Waals surface area contributed by atoms with E-state index in [0.29, 0.717) is 32.8 Å². The van der Waals surface area contributed by atoms with Crippen molar-refractivity contribution >= 4 is 5.91 Å². The Morgan fingerprint density at radius 1 is 1.50 bits per heavy atom. The summed E-state index contributed by atoms with van der Waals surface area (Å²) >= 11 is 0. The highest BCUT2D eigenvalue weighted by molar-refractivity contribution is 5.77. The van der Waals surface area contributed by atoms with Crippen molar-refractivity contribution in [2.75, 3.05) is 39.5 Å². The molecule has 2 atom stereocenters. The average Bonchev–Trinajstić information content (AvgIpc) is 2.31. The number of carbonyl (C=O) groups is 1. The molecule has 16 heavy (non-hydrogen) atoms. The van der Waals surface area contributed by atoms with E-state index in [2.05, 4.69) is 5.32 Å². The van der Waals surface area contributed by atoms with Gasteiger partial charge in [-0.15, -0.1) is 0 Å². The molecule has 0 aromatic heterocycles. The van der Waals surface area contributed by atoms with E-state index in [4.69, 9.17) is 9.47 Å². The van der Waals surface area contributed by atoms with Crippen molar-refractivity contribution in [1.29, 1.82) is 0 Å². The molecule has 1 amide bonds. The third-order valence-corrected chi connectivity index (χ3v) is 3.09. The van der Waals surface area contributed by atoms with Crippen molar-refractivity contribution < 1.29 is 14.3 Å². The minimum absolute atomic E-state index is 0.0382. The van der Waals surface area contributed by atoms with Crippen molar-refractivity contribution in [2.45, 2.75) is 25.5 Å². The molecule has 0 aromatic rings. The van der Waals surface area contributed by atoms with E-state index in [9.17, 15) is 4.79 Å². The summed E-state index contributed by atoms with van der Waals surface area (Å²) in [5.41, 5.74) is 0. The fraction of sp³-hybridized carbons (Fsp3) is 0.909. The highest BCUT2D eigenvalue weighted by Gasteiger charge is 2.26. The van der Waals surface area contributed by atoms with Crippen LogP contribution in [0.1, 0.15) is 13.3 Å². The SMILES string of the molecule is C[C@@H]1COCCN1C(=O)CC1CNCCO1. The number of hydrogen-bond acceptors (Lipinski definition) is 4. The lowest BCUT2D eigenvalue weighted by atomic mass is 10.1. The van der Waals surface area contributed by atoms with Crippen LogP contribution in [-0.4, -0.2) is 62.4 Å². The van der Waals surface area contributed by atoms with Crippen LogP contribution in [0.3, 0.4) is 0 Å². The lowest BCUT2D eigenvalue weighted by Crippen LogP contribution is -2.49. The molecule has 2 aliphatic rings. The van der Waals surface area contributed by atoms with Crippen molar-refractivity contribution in [3.05, 3.63) is 0 Å². The summed E-state index contributed by atoms with van der Waals surface area (Å²) in [5.74, 6) is 0.185. The predicted molar refractivity (Wildman–Crippen MR) is 59.2 cm³/mol. The Morgan fingerprint density at radius 3 is 3.06 bits per heavy atom. The van der Waals surface area contributed by atoms with E-state index in [-0.39, 0.29) is 18.1 Å². The Kier molecular flexibility index (Phi) is 4.15. The second-order valence-electron chi connectivity index (χ2n) is 4.41. The van der Waals surface area contributed by atoms with Gasteiger partial charge in [0, 0.05) is 19.6 Å². The van der Waals surface area contributed by atoms with Gasteiger partial charge in [0.25, 0.3) is 0 Å². The van der Waals surface area contributed by atoms with Gasteiger partial charge in [-0.05, 0) is 6.92 Å². The van der Waals surface area contributed by atoms with Gasteiger partial charge in [0.2, 0.25) is 5.91 Å². The second kappa shape index (κ2) is 5.61. The molecule has 2 rings (SSSR count). The molecule has 5 heteroatoms. The first-order valence-corrected chi connectivity index (χ1v) is 5.97. The molecule has 92 valence electrons. The first kappa shape index (κ1) is 11.8. The van der Waals surface area contributed by atoms with Gasteiger partial charge in [-0.1, -0.05) is 0 Å². The predicted octanol–water partition coefficient (Wildman–Crippen LogP) is -0.388. The molecule has 0 aromatic carbocycles. The van der Waals surface area contributed by atoms with Crippen LogP contribution in [0.15, 0.2) is 0 Å². The summed E-state index contributed by atoms with van der Waals surface area (Å²) in [6.07, 6.45) is 0.522. The zero-order valence-corrected chi connectivity index (χ0v) is 9.78. The molecule has 2 aliphatic heterocycles. The minimum Gasteiger partial charge on any atom is -0.377 e. The molecular weight excluding hydrogens is 208 g/mol. The zero-order valence-electron chi connectivity index (χ0n) is 9.78. The van der Waals surface area contributed by atoms with E-state index in [1.165, 1.54) is 0 Å². The van der Waals surface area contributed by atoms with Crippen LogP contribution in [0.25, 0.3) is 0 Å². The summed E-state index contributed by atoms with van der Waals surface area (Å²) in [6.45, 7) is 6.41. The molecule has 2 saturated heterocycles. The van der Waals surface area contributed by atoms with E-state index < -0.39 is 0 Å². The third-order valence-electron chi connectivity index (χ3n) is 3.09. The Labute approximate surface area is 96.1 Å². The molecule has 1 N–H and O–H groups in total. The fourth-order valence-electron chi connectivity index (χ4n) is 2.16. The number of rotatable bonds is 2. The second-order valence-corrected chi connectivity index (χ2v) is 4.41. The van der Waals surface area contributed by atoms with Gasteiger partial charge in [0.1, 0.15) is 0 Å². The molecule has 0 saturated carbocycles. The molecule has 0 aliphatic carbocycles. The van der Waals surface area contributed by atoms with Gasteiger partial charge in [0.15, 0.2) is 0 Å². The Balaban J connectivity index is 1.81. The molecule has 1 unspecified atom stereocenters. The molecule has 5 nitrogen and oxygen atoms in total. The average molecular weight is 228 g/mol. The van der Waals surface area contributed by atoms with Crippen LogP contribution in [0, 0.1) is 0 Å². The third kappa shape index (κ3) is 2.93. The van der Waals surface area contributed by atoms with Crippen molar-refractivity contribution in [3.63, 3.8) is 0 Å². The van der Waals surface area contributed by atoms with Gasteiger partial charge in [0.05, 0.1) is 38.4 Å². The number of ether oxygens (including phenoxy) is 2. The van der Waals surface area contributed by atoms with Crippen LogP contribution < -0.4 is 5.32 Å².